The van der Waals surface area contributed by atoms with Crippen LogP contribution in [0.15, 0.2) is 18.2 Å². The summed E-state index contributed by atoms with van der Waals surface area (Å²) in [7, 11) is 0. The smallest absolute Gasteiger partial charge is 0.163 e. The van der Waals surface area contributed by atoms with Crippen LogP contribution in [0.2, 0.25) is 0 Å². The molecule has 0 bridgehead atoms. The lowest BCUT2D eigenvalue weighted by molar-refractivity contribution is 0.0975. The highest BCUT2D eigenvalue weighted by atomic mass is 16.1. The van der Waals surface area contributed by atoms with Crippen LogP contribution in [-0.2, 0) is 0 Å². The van der Waals surface area contributed by atoms with E-state index in [1.165, 1.54) is 5.56 Å². The third-order valence-electron chi connectivity index (χ3n) is 2.85. The van der Waals surface area contributed by atoms with Crippen molar-refractivity contribution in [1.82, 2.24) is 0 Å². The van der Waals surface area contributed by atoms with Crippen molar-refractivity contribution >= 4 is 5.78 Å². The standard InChI is InChI=1S/C14H20O/c1-10(2)8-9-14(15)13-7-5-6-11(3)12(13)4/h5-7,10H,8-9H2,1-4H3. The fourth-order valence-corrected chi connectivity index (χ4v) is 1.61. The van der Waals surface area contributed by atoms with Gasteiger partial charge in [0.1, 0.15) is 0 Å². The van der Waals surface area contributed by atoms with Crippen LogP contribution >= 0.6 is 0 Å². The van der Waals surface area contributed by atoms with E-state index in [-0.39, 0.29) is 5.78 Å². The highest BCUT2D eigenvalue weighted by molar-refractivity contribution is 5.97. The minimum absolute atomic E-state index is 0.282. The largest absolute Gasteiger partial charge is 0.294 e. The van der Waals surface area contributed by atoms with Gasteiger partial charge in [-0.1, -0.05) is 32.0 Å². The van der Waals surface area contributed by atoms with Crippen LogP contribution in [-0.4, -0.2) is 5.78 Å². The first-order valence-corrected chi connectivity index (χ1v) is 5.61. The Morgan fingerprint density at radius 2 is 1.93 bits per heavy atom. The summed E-state index contributed by atoms with van der Waals surface area (Å²) < 4.78 is 0. The number of Topliss-reactive ketones (excluding diaryl/α,β-unsaturated/α-hetero) is 1. The lowest BCUT2D eigenvalue weighted by Gasteiger charge is -2.08. The Morgan fingerprint density at radius 3 is 2.53 bits per heavy atom. The molecule has 0 fully saturated rings. The van der Waals surface area contributed by atoms with E-state index in [0.29, 0.717) is 12.3 Å². The van der Waals surface area contributed by atoms with Gasteiger partial charge in [-0.15, -0.1) is 0 Å². The van der Waals surface area contributed by atoms with E-state index in [1.54, 1.807) is 0 Å². The van der Waals surface area contributed by atoms with Crippen LogP contribution in [0.3, 0.4) is 0 Å². The summed E-state index contributed by atoms with van der Waals surface area (Å²) >= 11 is 0. The van der Waals surface area contributed by atoms with Crippen molar-refractivity contribution in [2.75, 3.05) is 0 Å². The van der Waals surface area contributed by atoms with Gasteiger partial charge in [0, 0.05) is 12.0 Å². The Kier molecular flexibility index (Phi) is 4.07. The Morgan fingerprint density at radius 1 is 1.27 bits per heavy atom. The van der Waals surface area contributed by atoms with Gasteiger partial charge in [0.05, 0.1) is 0 Å². The third-order valence-corrected chi connectivity index (χ3v) is 2.85. The summed E-state index contributed by atoms with van der Waals surface area (Å²) in [5.74, 6) is 0.879. The van der Waals surface area contributed by atoms with Crippen LogP contribution < -0.4 is 0 Å². The molecule has 0 aliphatic carbocycles. The van der Waals surface area contributed by atoms with Gasteiger partial charge in [0.15, 0.2) is 5.78 Å². The Balaban J connectivity index is 2.78. The van der Waals surface area contributed by atoms with Crippen LogP contribution in [0.1, 0.15) is 48.2 Å². The second-order valence-electron chi connectivity index (χ2n) is 4.60. The molecule has 0 amide bonds. The average molecular weight is 204 g/mol. The molecule has 1 rings (SSSR count). The molecule has 0 aromatic heterocycles. The number of rotatable bonds is 4. The molecule has 0 spiro atoms. The number of carbonyl (C=O) groups is 1. The van der Waals surface area contributed by atoms with Gasteiger partial charge in [-0.25, -0.2) is 0 Å². The SMILES string of the molecule is Cc1cccc(C(=O)CCC(C)C)c1C. The summed E-state index contributed by atoms with van der Waals surface area (Å²) in [6.07, 6.45) is 1.65. The van der Waals surface area contributed by atoms with E-state index in [2.05, 4.69) is 26.8 Å². The zero-order chi connectivity index (χ0) is 11.4. The van der Waals surface area contributed by atoms with Crippen molar-refractivity contribution in [3.8, 4) is 0 Å². The first kappa shape index (κ1) is 12.0. The molecule has 0 aliphatic rings. The molecule has 0 aliphatic heterocycles. The number of carbonyl (C=O) groups excluding carboxylic acids is 1. The molecule has 0 saturated heterocycles. The molecule has 0 N–H and O–H groups in total. The van der Waals surface area contributed by atoms with E-state index in [0.717, 1.165) is 17.5 Å². The van der Waals surface area contributed by atoms with Crippen LogP contribution in [0, 0.1) is 19.8 Å². The molecule has 1 nitrogen and oxygen atoms in total. The van der Waals surface area contributed by atoms with Gasteiger partial charge in [-0.05, 0) is 37.3 Å². The number of benzene rings is 1. The van der Waals surface area contributed by atoms with Crippen molar-refractivity contribution in [2.24, 2.45) is 5.92 Å². The molecule has 1 aromatic carbocycles. The zero-order valence-electron chi connectivity index (χ0n) is 10.1. The lowest BCUT2D eigenvalue weighted by atomic mass is 9.96. The van der Waals surface area contributed by atoms with Gasteiger partial charge >= 0.3 is 0 Å². The van der Waals surface area contributed by atoms with Crippen LogP contribution in [0.25, 0.3) is 0 Å². The first-order valence-electron chi connectivity index (χ1n) is 5.61. The quantitative estimate of drug-likeness (QED) is 0.679. The second-order valence-corrected chi connectivity index (χ2v) is 4.60. The zero-order valence-corrected chi connectivity index (χ0v) is 10.1. The summed E-state index contributed by atoms with van der Waals surface area (Å²) in [4.78, 5) is 11.9. The molecule has 0 saturated carbocycles. The minimum atomic E-state index is 0.282. The first-order chi connectivity index (χ1) is 7.02. The Hall–Kier alpha value is -1.11. The Bertz CT molecular complexity index is 350. The molecular formula is C14H20O. The molecular weight excluding hydrogens is 184 g/mol. The van der Waals surface area contributed by atoms with Crippen molar-refractivity contribution in [1.29, 1.82) is 0 Å². The summed E-state index contributed by atoms with van der Waals surface area (Å²) in [6, 6.07) is 5.95. The van der Waals surface area contributed by atoms with E-state index in [4.69, 9.17) is 0 Å². The van der Waals surface area contributed by atoms with Crippen LogP contribution in [0.5, 0.6) is 0 Å². The fraction of sp³-hybridized carbons (Fsp3) is 0.500. The van der Waals surface area contributed by atoms with Crippen molar-refractivity contribution in [3.05, 3.63) is 34.9 Å². The van der Waals surface area contributed by atoms with Gasteiger partial charge in [0.25, 0.3) is 0 Å². The molecule has 0 heterocycles. The van der Waals surface area contributed by atoms with Crippen molar-refractivity contribution < 1.29 is 4.79 Å². The van der Waals surface area contributed by atoms with E-state index < -0.39 is 0 Å². The maximum Gasteiger partial charge on any atom is 0.163 e. The highest BCUT2D eigenvalue weighted by Gasteiger charge is 2.10. The van der Waals surface area contributed by atoms with Gasteiger partial charge in [-0.2, -0.15) is 0 Å². The van der Waals surface area contributed by atoms with E-state index >= 15 is 0 Å². The summed E-state index contributed by atoms with van der Waals surface area (Å²) in [5, 5.41) is 0. The molecule has 0 radical (unpaired) electrons. The normalized spacial score (nSPS) is 10.7. The lowest BCUT2D eigenvalue weighted by Crippen LogP contribution is -2.04. The molecule has 1 aromatic rings. The molecule has 15 heavy (non-hydrogen) atoms. The fourth-order valence-electron chi connectivity index (χ4n) is 1.61. The predicted octanol–water partition coefficient (Wildman–Crippen LogP) is 3.92. The number of hydrogen-bond donors (Lipinski definition) is 0. The van der Waals surface area contributed by atoms with E-state index in [1.807, 2.05) is 19.1 Å². The highest BCUT2D eigenvalue weighted by Crippen LogP contribution is 2.16. The van der Waals surface area contributed by atoms with E-state index in [9.17, 15) is 4.79 Å². The molecule has 0 atom stereocenters. The van der Waals surface area contributed by atoms with Crippen molar-refractivity contribution in [2.45, 2.75) is 40.5 Å². The average Bonchev–Trinajstić information content (AvgIpc) is 2.18. The summed E-state index contributed by atoms with van der Waals surface area (Å²) in [5.41, 5.74) is 3.23. The second kappa shape index (κ2) is 5.11. The molecule has 1 heteroatoms. The van der Waals surface area contributed by atoms with Crippen molar-refractivity contribution in [3.63, 3.8) is 0 Å². The maximum atomic E-state index is 11.9. The molecule has 82 valence electrons. The topological polar surface area (TPSA) is 17.1 Å². The minimum Gasteiger partial charge on any atom is -0.294 e. The predicted molar refractivity (Wildman–Crippen MR) is 64.3 cm³/mol. The molecule has 0 unspecified atom stereocenters. The third kappa shape index (κ3) is 3.19. The monoisotopic (exact) mass is 204 g/mol. The van der Waals surface area contributed by atoms with Gasteiger partial charge in [0.2, 0.25) is 0 Å². The number of hydrogen-bond acceptors (Lipinski definition) is 1. The van der Waals surface area contributed by atoms with Crippen LogP contribution in [0.4, 0.5) is 0 Å². The number of ketones is 1. The number of aryl methyl sites for hydroxylation is 1. The maximum absolute atomic E-state index is 11.9. The van der Waals surface area contributed by atoms with Gasteiger partial charge < -0.3 is 0 Å². The Labute approximate surface area is 92.5 Å². The van der Waals surface area contributed by atoms with Gasteiger partial charge in [-0.3, -0.25) is 4.79 Å². The summed E-state index contributed by atoms with van der Waals surface area (Å²) in [6.45, 7) is 8.37.